The maximum atomic E-state index is 10.9. The van der Waals surface area contributed by atoms with Crippen LogP contribution in [0.5, 0.6) is 0 Å². The molecule has 0 aromatic carbocycles. The number of aliphatic carboxylic acids is 5. The number of allylic oxidation sites excluding steroid dienone is 2. The number of thiol groups is 2. The second kappa shape index (κ2) is 55.9. The second-order valence-electron chi connectivity index (χ2n) is 11.0. The van der Waals surface area contributed by atoms with E-state index >= 15 is 0 Å². The number of carbonyl (C=O) groups excluding carboxylic acids is 7. The van der Waals surface area contributed by atoms with Gasteiger partial charge in [0.15, 0.2) is 11.6 Å². The largest absolute Gasteiger partial charge is 1.00 e. The number of carbonyl (C=O) groups is 12. The number of carboxylic acid groups (broad SMARTS) is 5. The van der Waals surface area contributed by atoms with Crippen LogP contribution in [0.4, 0.5) is 0 Å². The summed E-state index contributed by atoms with van der Waals surface area (Å²) in [5.74, 6) is -7.48. The summed E-state index contributed by atoms with van der Waals surface area (Å²) in [6.45, 7) is 3.07. The van der Waals surface area contributed by atoms with Crippen molar-refractivity contribution in [2.24, 2.45) is 11.8 Å². The molecule has 1 rings (SSSR count). The number of carboxylic acids is 5. The molecule has 0 bridgehead atoms. The van der Waals surface area contributed by atoms with E-state index in [9.17, 15) is 57.5 Å². The average Bonchev–Trinajstić information content (AvgIpc) is 3.62. The normalized spacial score (nSPS) is 11.7. The quantitative estimate of drug-likeness (QED) is 0.0161. The number of halogens is 1. The van der Waals surface area contributed by atoms with Gasteiger partial charge in [-0.25, -0.2) is 4.79 Å². The van der Waals surface area contributed by atoms with Crippen molar-refractivity contribution in [1.29, 1.82) is 0 Å². The Labute approximate surface area is 451 Å². The standard InChI is InChI=1S/2C6H11NO3S.2C6H11NO3.C5H7NO3.C5H4O2.CH4.H2IS3.K.H2O/c1-7-6(10)4(11-2)3-5(8)9;1-7-5(8)3-4(11-2)6(9)10;1-4(3-5(8)9)6(10)7-2;1-4(6(9)10)3-5(8)7-2;1-6-4(7)2-3-5(8)9;6-4-1-2-5(7)3-4;;2-1-4-3;;/h4H,3H2,1-2H3,(H,7,10)(H,8,9);4H,3H2,1-2H3,(H,7,8)(H,9,10);4H,3H2,1-2H3,(H,7,10)(H,8,9);4H,3H2,1-2H3,(H,7,8)(H,9,10);2-3H,1H3,(H,6,7)(H,8,9);1-2H,3H2;1H4;2-3H;;1H2/q;;;;;;;-1;+1;/b;;;;3-2-;;;;;. The minimum atomic E-state index is -1.13. The van der Waals surface area contributed by atoms with Gasteiger partial charge in [-0.2, -0.15) is 11.8 Å². The minimum Gasteiger partial charge on any atom is 1.00 e. The third-order valence-electron chi connectivity index (χ3n) is 6.22. The first-order chi connectivity index (χ1) is 28.7. The average molecular weight is 1170 g/mol. The van der Waals surface area contributed by atoms with E-state index in [4.69, 9.17) is 25.5 Å². The predicted molar refractivity (Wildman–Crippen MR) is 249 cm³/mol. The fourth-order valence-corrected chi connectivity index (χ4v) is 4.08. The van der Waals surface area contributed by atoms with Gasteiger partial charge in [0.1, 0.15) is 5.25 Å². The maximum absolute atomic E-state index is 10.9. The third-order valence-corrected chi connectivity index (χ3v) is 13.7. The Morgan fingerprint density at radius 1 is 0.646 bits per heavy atom. The molecule has 374 valence electrons. The van der Waals surface area contributed by atoms with Gasteiger partial charge in [0.05, 0.1) is 30.4 Å². The Hall–Kier alpha value is -2.40. The van der Waals surface area contributed by atoms with Crippen LogP contribution in [0.2, 0.25) is 0 Å². The second-order valence-corrected chi connectivity index (χ2v) is 21.2. The first-order valence-corrected chi connectivity index (χ1v) is 27.2. The zero-order chi connectivity index (χ0) is 50.0. The van der Waals surface area contributed by atoms with Gasteiger partial charge >= 0.3 is 129 Å². The Bertz CT molecular complexity index is 1500. The van der Waals surface area contributed by atoms with Gasteiger partial charge in [-0.05, 0) is 24.7 Å². The maximum Gasteiger partial charge on any atom is 1.00 e. The van der Waals surface area contributed by atoms with E-state index in [0.29, 0.717) is 0 Å². The summed E-state index contributed by atoms with van der Waals surface area (Å²) >= 11 is 6.29. The molecule has 0 aromatic rings. The number of amides is 5. The predicted octanol–water partition coefficient (Wildman–Crippen LogP) is -5.75. The van der Waals surface area contributed by atoms with Crippen molar-refractivity contribution in [2.45, 2.75) is 63.9 Å². The molecule has 0 aliphatic heterocycles. The van der Waals surface area contributed by atoms with Gasteiger partial charge in [-0.3, -0.25) is 52.7 Å². The van der Waals surface area contributed by atoms with Crippen molar-refractivity contribution in [3.63, 3.8) is 0 Å². The topological polar surface area (TPSA) is 398 Å². The molecule has 1 aliphatic carbocycles. The fourth-order valence-electron chi connectivity index (χ4n) is 2.92. The van der Waals surface area contributed by atoms with Gasteiger partial charge < -0.3 is 57.6 Å². The Kier molecular flexibility index (Phi) is 71.1. The SMILES string of the molecule is C.CNC(=O)/C=C\C(=O)O.CNC(=O)C(C)CC(=O)O.CNC(=O)C(CC(=O)O)SC.CNC(=O)CC(C)C(=O)O.CNC(=O)CC(SC)C(=O)O.O.O=C1C=CC(=O)C1.SS[I-]S.[K+]. The van der Waals surface area contributed by atoms with E-state index in [1.54, 1.807) is 19.4 Å². The number of rotatable bonds is 17. The zero-order valence-corrected chi connectivity index (χ0v) is 46.3. The van der Waals surface area contributed by atoms with Gasteiger partial charge in [-0.15, -0.1) is 11.8 Å². The van der Waals surface area contributed by atoms with Crippen LogP contribution < -0.4 is 96.4 Å². The van der Waals surface area contributed by atoms with Gasteiger partial charge in [0.25, 0.3) is 0 Å². The molecule has 4 unspecified atom stereocenters. The van der Waals surface area contributed by atoms with Gasteiger partial charge in [-0.1, -0.05) is 21.3 Å². The molecule has 0 heterocycles. The van der Waals surface area contributed by atoms with Gasteiger partial charge in [0, 0.05) is 66.1 Å². The van der Waals surface area contributed by atoms with Crippen LogP contribution in [0, 0.1) is 11.8 Å². The molecule has 23 nitrogen and oxygen atoms in total. The minimum absolute atomic E-state index is 0. The van der Waals surface area contributed by atoms with E-state index in [-0.39, 0.29) is 150 Å². The summed E-state index contributed by atoms with van der Waals surface area (Å²) in [5.41, 5.74) is 0. The monoisotopic (exact) mass is 1170 g/mol. The van der Waals surface area contributed by atoms with E-state index in [0.717, 1.165) is 23.9 Å². The summed E-state index contributed by atoms with van der Waals surface area (Å²) in [4.78, 5) is 124. The zero-order valence-electron chi connectivity index (χ0n) is 36.8. The Morgan fingerprint density at radius 3 is 1.29 bits per heavy atom. The van der Waals surface area contributed by atoms with Gasteiger partial charge in [0.2, 0.25) is 29.5 Å². The first-order valence-electron chi connectivity index (χ1n) is 17.0. The molecule has 0 fully saturated rings. The van der Waals surface area contributed by atoms with Crippen molar-refractivity contribution in [3.05, 3.63) is 24.3 Å². The van der Waals surface area contributed by atoms with Crippen molar-refractivity contribution in [2.75, 3.05) is 47.7 Å². The molecule has 1 aliphatic rings. The molecule has 0 aromatic heterocycles. The third kappa shape index (κ3) is 63.7. The molecule has 65 heavy (non-hydrogen) atoms. The number of hydrogen-bond donors (Lipinski definition) is 12. The van der Waals surface area contributed by atoms with Crippen molar-refractivity contribution in [3.8, 4) is 0 Å². The fraction of sp³-hybridized carbons (Fsp3) is 0.543. The number of thioether (sulfide) groups is 2. The smallest absolute Gasteiger partial charge is 1.00 e. The van der Waals surface area contributed by atoms with Crippen molar-refractivity contribution >= 4 is 124 Å². The van der Waals surface area contributed by atoms with Crippen LogP contribution in [-0.2, 0) is 57.5 Å². The number of likely N-dealkylation sites (N-methyl/N-ethyl adjacent to an activating group) is 1. The summed E-state index contributed by atoms with van der Waals surface area (Å²) in [6, 6.07) is 0. The summed E-state index contributed by atoms with van der Waals surface area (Å²) < 4.78 is 0. The molecule has 0 saturated heterocycles. The van der Waals surface area contributed by atoms with Crippen LogP contribution in [0.15, 0.2) is 24.3 Å². The molecule has 0 radical (unpaired) electrons. The number of ketones is 2. The van der Waals surface area contributed by atoms with Crippen LogP contribution in [-0.4, -0.2) is 160 Å². The van der Waals surface area contributed by atoms with E-state index in [2.05, 4.69) is 48.0 Å². The molecule has 12 N–H and O–H groups in total. The van der Waals surface area contributed by atoms with Crippen molar-refractivity contribution in [1.82, 2.24) is 26.6 Å². The summed E-state index contributed by atoms with van der Waals surface area (Å²) in [6.07, 6.45) is 7.65. The molecular formula is C35H63IKN5O18S5. The van der Waals surface area contributed by atoms with Crippen LogP contribution >= 0.6 is 52.9 Å². The first kappa shape index (κ1) is 82.7. The number of nitrogens with one attached hydrogen (secondary N) is 5. The summed E-state index contributed by atoms with van der Waals surface area (Å²) in [5, 5.41) is 52.1. The summed E-state index contributed by atoms with van der Waals surface area (Å²) in [7, 11) is 12.8. The Balaban J connectivity index is -0.0000000808. The molecular weight excluding hydrogens is 1100 g/mol. The number of hydrogen-bond acceptors (Lipinski definition) is 17. The van der Waals surface area contributed by atoms with E-state index in [1.165, 1.54) is 74.0 Å². The molecule has 4 atom stereocenters. The molecule has 30 heteroatoms. The molecule has 0 saturated carbocycles. The van der Waals surface area contributed by atoms with E-state index < -0.39 is 58.1 Å². The van der Waals surface area contributed by atoms with Crippen LogP contribution in [0.1, 0.15) is 53.4 Å². The molecule has 5 amide bonds. The van der Waals surface area contributed by atoms with Crippen LogP contribution in [0.3, 0.4) is 0 Å². The van der Waals surface area contributed by atoms with Crippen LogP contribution in [0.25, 0.3) is 0 Å². The Morgan fingerprint density at radius 2 is 1.05 bits per heavy atom. The molecule has 0 spiro atoms. The van der Waals surface area contributed by atoms with Crippen molar-refractivity contribution < 1.29 is 158 Å². The van der Waals surface area contributed by atoms with E-state index in [1.807, 2.05) is 0 Å².